The van der Waals surface area contributed by atoms with Crippen molar-refractivity contribution in [2.75, 3.05) is 31.6 Å². The maximum atomic E-state index is 12.8. The van der Waals surface area contributed by atoms with Crippen molar-refractivity contribution in [2.45, 2.75) is 12.5 Å². The average molecular weight is 420 g/mol. The largest absolute Gasteiger partial charge is 0.489 e. The zero-order chi connectivity index (χ0) is 22.2. The van der Waals surface area contributed by atoms with E-state index in [0.717, 1.165) is 5.56 Å². The molecule has 0 aliphatic carbocycles. The SMILES string of the molecule is CN1C(=O)[C@@H](NC(=O)C(=O)NCCc2ccccc2)COc2ccc(C#CCN)cc21. The average Bonchev–Trinajstić information content (AvgIpc) is 2.90. The Labute approximate surface area is 180 Å². The molecule has 0 spiro atoms. The van der Waals surface area contributed by atoms with Crippen LogP contribution < -0.4 is 26.0 Å². The van der Waals surface area contributed by atoms with Crippen LogP contribution in [0.15, 0.2) is 48.5 Å². The fraction of sp³-hybridized carbons (Fsp3) is 0.261. The number of carbonyl (C=O) groups excluding carboxylic acids is 3. The Balaban J connectivity index is 1.59. The van der Waals surface area contributed by atoms with Gasteiger partial charge in [-0.3, -0.25) is 14.4 Å². The second-order valence-corrected chi connectivity index (χ2v) is 6.91. The fourth-order valence-electron chi connectivity index (χ4n) is 3.10. The van der Waals surface area contributed by atoms with Gasteiger partial charge in [-0.15, -0.1) is 0 Å². The number of hydrogen-bond acceptors (Lipinski definition) is 5. The summed E-state index contributed by atoms with van der Waals surface area (Å²) in [4.78, 5) is 38.6. The monoisotopic (exact) mass is 420 g/mol. The number of anilines is 1. The van der Waals surface area contributed by atoms with Crippen LogP contribution in [0, 0.1) is 11.8 Å². The number of amides is 3. The summed E-state index contributed by atoms with van der Waals surface area (Å²) >= 11 is 0. The molecule has 0 unspecified atom stereocenters. The summed E-state index contributed by atoms with van der Waals surface area (Å²) in [5, 5.41) is 5.02. The summed E-state index contributed by atoms with van der Waals surface area (Å²) in [5.41, 5.74) is 7.66. The van der Waals surface area contributed by atoms with Crippen LogP contribution in [0.2, 0.25) is 0 Å². The van der Waals surface area contributed by atoms with Crippen molar-refractivity contribution in [1.82, 2.24) is 10.6 Å². The van der Waals surface area contributed by atoms with E-state index in [1.165, 1.54) is 4.90 Å². The zero-order valence-corrected chi connectivity index (χ0v) is 17.2. The van der Waals surface area contributed by atoms with E-state index in [-0.39, 0.29) is 13.2 Å². The van der Waals surface area contributed by atoms with Gasteiger partial charge in [-0.25, -0.2) is 0 Å². The molecule has 1 aliphatic heterocycles. The summed E-state index contributed by atoms with van der Waals surface area (Å²) in [7, 11) is 1.58. The fourth-order valence-corrected chi connectivity index (χ4v) is 3.10. The van der Waals surface area contributed by atoms with Crippen LogP contribution in [0.1, 0.15) is 11.1 Å². The molecule has 8 nitrogen and oxygen atoms in total. The van der Waals surface area contributed by atoms with Crippen molar-refractivity contribution in [3.63, 3.8) is 0 Å². The lowest BCUT2D eigenvalue weighted by atomic mass is 10.1. The standard InChI is InChI=1S/C23H24N4O4/c1-27-19-14-17(8-5-12-24)9-10-20(19)31-15-18(23(27)30)26-22(29)21(28)25-13-11-16-6-3-2-4-7-16/h2-4,6-7,9-10,14,18H,11-13,15,24H2,1H3,(H,25,28)(H,26,29)/t18-/m0/s1. The molecule has 1 atom stereocenters. The van der Waals surface area contributed by atoms with Crippen molar-refractivity contribution >= 4 is 23.4 Å². The summed E-state index contributed by atoms with van der Waals surface area (Å²) in [5.74, 6) is 4.07. The molecule has 3 amide bonds. The Morgan fingerprint density at radius 3 is 2.71 bits per heavy atom. The highest BCUT2D eigenvalue weighted by molar-refractivity contribution is 6.35. The summed E-state index contributed by atoms with van der Waals surface area (Å²) < 4.78 is 5.70. The number of nitrogens with two attached hydrogens (primary N) is 1. The van der Waals surface area contributed by atoms with Gasteiger partial charge in [-0.1, -0.05) is 42.2 Å². The first-order chi connectivity index (χ1) is 15.0. The molecule has 8 heteroatoms. The van der Waals surface area contributed by atoms with E-state index in [9.17, 15) is 14.4 Å². The van der Waals surface area contributed by atoms with Crippen molar-refractivity contribution in [3.8, 4) is 17.6 Å². The minimum Gasteiger partial charge on any atom is -0.489 e. The van der Waals surface area contributed by atoms with E-state index in [1.807, 2.05) is 30.3 Å². The normalized spacial score (nSPS) is 15.0. The summed E-state index contributed by atoms with van der Waals surface area (Å²) in [6.45, 7) is 0.445. The van der Waals surface area contributed by atoms with Gasteiger partial charge in [-0.05, 0) is 30.2 Å². The first kappa shape index (κ1) is 21.9. The Kier molecular flexibility index (Phi) is 7.25. The van der Waals surface area contributed by atoms with E-state index < -0.39 is 23.8 Å². The Morgan fingerprint density at radius 2 is 1.97 bits per heavy atom. The first-order valence-corrected chi connectivity index (χ1v) is 9.85. The van der Waals surface area contributed by atoms with Crippen molar-refractivity contribution in [2.24, 2.45) is 5.73 Å². The zero-order valence-electron chi connectivity index (χ0n) is 17.2. The topological polar surface area (TPSA) is 114 Å². The van der Waals surface area contributed by atoms with Crippen LogP contribution in [-0.2, 0) is 20.8 Å². The molecule has 0 bridgehead atoms. The third-order valence-electron chi connectivity index (χ3n) is 4.74. The van der Waals surface area contributed by atoms with Gasteiger partial charge in [0, 0.05) is 19.2 Å². The molecule has 0 radical (unpaired) electrons. The third-order valence-corrected chi connectivity index (χ3v) is 4.74. The number of likely N-dealkylation sites (N-methyl/N-ethyl adjacent to an activating group) is 1. The molecule has 0 aromatic heterocycles. The molecular formula is C23H24N4O4. The van der Waals surface area contributed by atoms with Crippen LogP contribution in [0.5, 0.6) is 5.75 Å². The highest BCUT2D eigenvalue weighted by Gasteiger charge is 2.32. The Bertz CT molecular complexity index is 1030. The van der Waals surface area contributed by atoms with Crippen molar-refractivity contribution in [1.29, 1.82) is 0 Å². The van der Waals surface area contributed by atoms with Crippen LogP contribution >= 0.6 is 0 Å². The molecule has 2 aromatic carbocycles. The predicted octanol–water partition coefficient (Wildman–Crippen LogP) is 0.196. The number of benzene rings is 2. The second kappa shape index (κ2) is 10.3. The van der Waals surface area contributed by atoms with Gasteiger partial charge in [-0.2, -0.15) is 0 Å². The predicted molar refractivity (Wildman–Crippen MR) is 116 cm³/mol. The van der Waals surface area contributed by atoms with Crippen LogP contribution in [0.3, 0.4) is 0 Å². The minimum atomic E-state index is -0.997. The molecule has 160 valence electrons. The van der Waals surface area contributed by atoms with Gasteiger partial charge >= 0.3 is 11.8 Å². The summed E-state index contributed by atoms with van der Waals surface area (Å²) in [6.07, 6.45) is 0.596. The van der Waals surface area contributed by atoms with Crippen molar-refractivity contribution < 1.29 is 19.1 Å². The van der Waals surface area contributed by atoms with E-state index in [1.54, 1.807) is 25.2 Å². The molecule has 0 saturated heterocycles. The second-order valence-electron chi connectivity index (χ2n) is 6.91. The quantitative estimate of drug-likeness (QED) is 0.483. The Morgan fingerprint density at radius 1 is 1.19 bits per heavy atom. The smallest absolute Gasteiger partial charge is 0.310 e. The molecular weight excluding hydrogens is 396 g/mol. The van der Waals surface area contributed by atoms with Gasteiger partial charge in [0.1, 0.15) is 18.4 Å². The molecule has 1 heterocycles. The molecule has 31 heavy (non-hydrogen) atoms. The Hall–Kier alpha value is -3.83. The third kappa shape index (κ3) is 5.62. The van der Waals surface area contributed by atoms with E-state index in [4.69, 9.17) is 10.5 Å². The molecule has 0 fully saturated rings. The van der Waals surface area contributed by atoms with Crippen LogP contribution in [-0.4, -0.2) is 50.5 Å². The number of ether oxygens (including phenoxy) is 1. The molecule has 1 aliphatic rings. The number of hydrogen-bond donors (Lipinski definition) is 3. The van der Waals surface area contributed by atoms with Gasteiger partial charge in [0.25, 0.3) is 5.91 Å². The van der Waals surface area contributed by atoms with E-state index in [0.29, 0.717) is 30.0 Å². The molecule has 3 rings (SSSR count). The molecule has 0 saturated carbocycles. The van der Waals surface area contributed by atoms with Gasteiger partial charge in [0.15, 0.2) is 0 Å². The van der Waals surface area contributed by atoms with Crippen molar-refractivity contribution in [3.05, 3.63) is 59.7 Å². The molecule has 4 N–H and O–H groups in total. The highest BCUT2D eigenvalue weighted by atomic mass is 16.5. The number of carbonyl (C=O) groups is 3. The molecule has 2 aromatic rings. The lowest BCUT2D eigenvalue weighted by Crippen LogP contribution is -2.53. The van der Waals surface area contributed by atoms with E-state index in [2.05, 4.69) is 22.5 Å². The minimum absolute atomic E-state index is 0.0902. The van der Waals surface area contributed by atoms with Gasteiger partial charge in [0.2, 0.25) is 0 Å². The first-order valence-electron chi connectivity index (χ1n) is 9.85. The number of nitrogens with zero attached hydrogens (tertiary/aromatic N) is 1. The summed E-state index contributed by atoms with van der Waals surface area (Å²) in [6, 6.07) is 13.8. The lowest BCUT2D eigenvalue weighted by molar-refractivity contribution is -0.140. The number of rotatable bonds is 4. The van der Waals surface area contributed by atoms with Gasteiger partial charge < -0.3 is 26.0 Å². The maximum Gasteiger partial charge on any atom is 0.310 e. The van der Waals surface area contributed by atoms with Crippen LogP contribution in [0.4, 0.5) is 5.69 Å². The highest BCUT2D eigenvalue weighted by Crippen LogP contribution is 2.31. The van der Waals surface area contributed by atoms with Crippen LogP contribution in [0.25, 0.3) is 0 Å². The number of nitrogens with one attached hydrogen (secondary N) is 2. The number of fused-ring (bicyclic) bond motifs is 1. The van der Waals surface area contributed by atoms with Gasteiger partial charge in [0.05, 0.1) is 12.2 Å². The van der Waals surface area contributed by atoms with E-state index >= 15 is 0 Å². The lowest BCUT2D eigenvalue weighted by Gasteiger charge is -2.20. The maximum absolute atomic E-state index is 12.8.